The predicted molar refractivity (Wildman–Crippen MR) is 131 cm³/mol. The molecule has 0 amide bonds. The zero-order chi connectivity index (χ0) is 26.3. The SMILES string of the molecule is CCCC(CCC)(CC[C@@H]1CCC[C@H](OCc2nc(-c3cccc(C(F)(F)F)c3)oc2C)C1)C(=O)O. The number of carbonyl (C=O) groups is 1. The summed E-state index contributed by atoms with van der Waals surface area (Å²) in [6, 6.07) is 4.95. The number of benzene rings is 1. The Labute approximate surface area is 211 Å². The minimum absolute atomic E-state index is 0.0495. The molecule has 1 fully saturated rings. The maximum Gasteiger partial charge on any atom is 0.416 e. The van der Waals surface area contributed by atoms with Gasteiger partial charge in [-0.3, -0.25) is 4.79 Å². The minimum Gasteiger partial charge on any atom is -0.481 e. The van der Waals surface area contributed by atoms with Crippen molar-refractivity contribution in [2.24, 2.45) is 11.3 Å². The first kappa shape index (κ1) is 28.2. The third-order valence-electron chi connectivity index (χ3n) is 7.46. The number of halogens is 3. The first-order valence-corrected chi connectivity index (χ1v) is 13.1. The zero-order valence-corrected chi connectivity index (χ0v) is 21.5. The third kappa shape index (κ3) is 7.11. The molecule has 1 aliphatic carbocycles. The quantitative estimate of drug-likeness (QED) is 0.312. The summed E-state index contributed by atoms with van der Waals surface area (Å²) in [7, 11) is 0. The summed E-state index contributed by atoms with van der Waals surface area (Å²) in [5.41, 5.74) is -0.514. The summed E-state index contributed by atoms with van der Waals surface area (Å²) in [5.74, 6) is 0.430. The van der Waals surface area contributed by atoms with Gasteiger partial charge in [-0.05, 0) is 69.6 Å². The van der Waals surface area contributed by atoms with Gasteiger partial charge in [-0.2, -0.15) is 13.2 Å². The van der Waals surface area contributed by atoms with Crippen molar-refractivity contribution in [2.75, 3.05) is 0 Å². The van der Waals surface area contributed by atoms with Gasteiger partial charge in [0.2, 0.25) is 5.89 Å². The summed E-state index contributed by atoms with van der Waals surface area (Å²) in [6.45, 7) is 6.06. The van der Waals surface area contributed by atoms with Gasteiger partial charge in [0.15, 0.2) is 0 Å². The highest BCUT2D eigenvalue weighted by molar-refractivity contribution is 5.74. The van der Waals surface area contributed by atoms with Crippen LogP contribution in [0, 0.1) is 18.3 Å². The van der Waals surface area contributed by atoms with E-state index in [1.807, 2.05) is 13.8 Å². The smallest absolute Gasteiger partial charge is 0.416 e. The van der Waals surface area contributed by atoms with Crippen LogP contribution < -0.4 is 0 Å². The van der Waals surface area contributed by atoms with Crippen LogP contribution in [0.15, 0.2) is 28.7 Å². The van der Waals surface area contributed by atoms with E-state index in [0.717, 1.165) is 57.1 Å². The van der Waals surface area contributed by atoms with E-state index in [9.17, 15) is 23.1 Å². The molecular formula is C28H38F3NO4. The van der Waals surface area contributed by atoms with Gasteiger partial charge in [-0.15, -0.1) is 0 Å². The Morgan fingerprint density at radius 3 is 2.53 bits per heavy atom. The van der Waals surface area contributed by atoms with Gasteiger partial charge in [0.1, 0.15) is 11.5 Å². The van der Waals surface area contributed by atoms with Crippen molar-refractivity contribution in [1.29, 1.82) is 0 Å². The molecule has 5 nitrogen and oxygen atoms in total. The number of aliphatic carboxylic acids is 1. The topological polar surface area (TPSA) is 72.6 Å². The Kier molecular flexibility index (Phi) is 9.61. The fraction of sp³-hybridized carbons (Fsp3) is 0.643. The lowest BCUT2D eigenvalue weighted by molar-refractivity contribution is -0.151. The summed E-state index contributed by atoms with van der Waals surface area (Å²) in [5, 5.41) is 9.95. The lowest BCUT2D eigenvalue weighted by atomic mass is 9.72. The number of alkyl halides is 3. The van der Waals surface area contributed by atoms with Gasteiger partial charge in [0, 0.05) is 5.56 Å². The van der Waals surface area contributed by atoms with Crippen LogP contribution in [0.2, 0.25) is 0 Å². The maximum atomic E-state index is 13.1. The predicted octanol–water partition coefficient (Wildman–Crippen LogP) is 8.20. The van der Waals surface area contributed by atoms with Crippen LogP contribution in [0.5, 0.6) is 0 Å². The lowest BCUT2D eigenvalue weighted by Gasteiger charge is -2.33. The number of hydrogen-bond acceptors (Lipinski definition) is 4. The number of nitrogens with zero attached hydrogens (tertiary/aromatic N) is 1. The molecule has 8 heteroatoms. The summed E-state index contributed by atoms with van der Waals surface area (Å²) in [4.78, 5) is 16.5. The van der Waals surface area contributed by atoms with Crippen molar-refractivity contribution >= 4 is 5.97 Å². The molecule has 2 atom stereocenters. The van der Waals surface area contributed by atoms with Crippen LogP contribution >= 0.6 is 0 Å². The number of rotatable bonds is 12. The molecule has 2 aromatic rings. The third-order valence-corrected chi connectivity index (χ3v) is 7.46. The minimum atomic E-state index is -4.43. The molecule has 1 N–H and O–H groups in total. The van der Waals surface area contributed by atoms with E-state index < -0.39 is 23.1 Å². The summed E-state index contributed by atoms with van der Waals surface area (Å²) < 4.78 is 51.0. The number of oxazole rings is 1. The lowest BCUT2D eigenvalue weighted by Crippen LogP contribution is -2.32. The second kappa shape index (κ2) is 12.3. The number of ether oxygens (including phenoxy) is 1. The standard InChI is InChI=1S/C28H38F3NO4/c1-4-13-27(14-5-2,26(33)34)15-12-20-8-6-11-23(16-20)35-18-24-19(3)36-25(32-24)21-9-7-10-22(17-21)28(29,30)31/h7,9-10,17,20,23H,4-6,8,11-16,18H2,1-3H3,(H,33,34)/t20-,23-/m0/s1. The molecule has 0 radical (unpaired) electrons. The highest BCUT2D eigenvalue weighted by Crippen LogP contribution is 2.40. The Morgan fingerprint density at radius 2 is 1.89 bits per heavy atom. The summed E-state index contributed by atoms with van der Waals surface area (Å²) >= 11 is 0. The first-order chi connectivity index (χ1) is 17.1. The average molecular weight is 510 g/mol. The Balaban J connectivity index is 1.59. The Morgan fingerprint density at radius 1 is 1.17 bits per heavy atom. The second-order valence-electron chi connectivity index (χ2n) is 10.2. The molecule has 3 rings (SSSR count). The van der Waals surface area contributed by atoms with Gasteiger partial charge >= 0.3 is 12.1 Å². The Hall–Kier alpha value is -2.35. The molecule has 1 aliphatic rings. The molecular weight excluding hydrogens is 471 g/mol. The van der Waals surface area contributed by atoms with E-state index in [1.165, 1.54) is 6.07 Å². The van der Waals surface area contributed by atoms with E-state index >= 15 is 0 Å². The largest absolute Gasteiger partial charge is 0.481 e. The molecule has 0 unspecified atom stereocenters. The van der Waals surface area contributed by atoms with Gasteiger partial charge in [-0.1, -0.05) is 45.6 Å². The van der Waals surface area contributed by atoms with Gasteiger partial charge in [-0.25, -0.2) is 4.98 Å². The number of aromatic nitrogens is 1. The monoisotopic (exact) mass is 509 g/mol. The molecule has 1 aromatic heterocycles. The van der Waals surface area contributed by atoms with Crippen molar-refractivity contribution in [1.82, 2.24) is 4.98 Å². The highest BCUT2D eigenvalue weighted by Gasteiger charge is 2.37. The highest BCUT2D eigenvalue weighted by atomic mass is 19.4. The number of carboxylic acids is 1. The molecule has 0 saturated heterocycles. The van der Waals surface area contributed by atoms with Gasteiger partial charge < -0.3 is 14.3 Å². The van der Waals surface area contributed by atoms with Crippen LogP contribution in [0.1, 0.15) is 95.1 Å². The number of carboxylic acid groups (broad SMARTS) is 1. The van der Waals surface area contributed by atoms with Crippen LogP contribution in [-0.2, 0) is 22.3 Å². The molecule has 0 bridgehead atoms. The van der Waals surface area contributed by atoms with Crippen LogP contribution in [0.25, 0.3) is 11.5 Å². The molecule has 1 saturated carbocycles. The fourth-order valence-corrected chi connectivity index (χ4v) is 5.50. The van der Waals surface area contributed by atoms with Crippen LogP contribution in [0.3, 0.4) is 0 Å². The van der Waals surface area contributed by atoms with Crippen molar-refractivity contribution in [3.63, 3.8) is 0 Å². The molecule has 0 aliphatic heterocycles. The molecule has 1 heterocycles. The van der Waals surface area contributed by atoms with Crippen LogP contribution in [-0.4, -0.2) is 22.2 Å². The van der Waals surface area contributed by atoms with Gasteiger partial charge in [0.25, 0.3) is 0 Å². The van der Waals surface area contributed by atoms with Crippen molar-refractivity contribution in [2.45, 2.75) is 104 Å². The van der Waals surface area contributed by atoms with Crippen molar-refractivity contribution in [3.8, 4) is 11.5 Å². The number of aryl methyl sites for hydroxylation is 1. The van der Waals surface area contributed by atoms with Gasteiger partial charge in [0.05, 0.1) is 23.7 Å². The van der Waals surface area contributed by atoms with E-state index in [-0.39, 0.29) is 24.2 Å². The summed E-state index contributed by atoms with van der Waals surface area (Å²) in [6.07, 6.45) is 4.27. The normalized spacial score (nSPS) is 18.9. The molecule has 0 spiro atoms. The van der Waals surface area contributed by atoms with Crippen molar-refractivity contribution < 1.29 is 32.2 Å². The average Bonchev–Trinajstić information content (AvgIpc) is 3.21. The number of hydrogen-bond donors (Lipinski definition) is 1. The molecule has 36 heavy (non-hydrogen) atoms. The zero-order valence-electron chi connectivity index (χ0n) is 21.5. The van der Waals surface area contributed by atoms with Crippen LogP contribution in [0.4, 0.5) is 13.2 Å². The first-order valence-electron chi connectivity index (χ1n) is 13.1. The molecule has 200 valence electrons. The van der Waals surface area contributed by atoms with E-state index in [1.54, 1.807) is 13.0 Å². The van der Waals surface area contributed by atoms with Crippen molar-refractivity contribution in [3.05, 3.63) is 41.3 Å². The maximum absolute atomic E-state index is 13.1. The Bertz CT molecular complexity index is 995. The van der Waals surface area contributed by atoms with E-state index in [4.69, 9.17) is 9.15 Å². The molecule has 1 aromatic carbocycles. The van der Waals surface area contributed by atoms with E-state index in [2.05, 4.69) is 4.98 Å². The van der Waals surface area contributed by atoms with E-state index in [0.29, 0.717) is 36.6 Å². The second-order valence-corrected chi connectivity index (χ2v) is 10.2. The fourth-order valence-electron chi connectivity index (χ4n) is 5.50.